The summed E-state index contributed by atoms with van der Waals surface area (Å²) < 4.78 is 0. The van der Waals surface area contributed by atoms with Gasteiger partial charge in [-0.1, -0.05) is 18.2 Å². The van der Waals surface area contributed by atoms with Crippen LogP contribution in [0.3, 0.4) is 0 Å². The van der Waals surface area contributed by atoms with E-state index in [9.17, 15) is 24.0 Å². The molecule has 0 aromatic heterocycles. The van der Waals surface area contributed by atoms with Gasteiger partial charge in [-0.2, -0.15) is 0 Å². The number of aryl methyl sites for hydroxylation is 1. The van der Waals surface area contributed by atoms with Crippen LogP contribution in [0.1, 0.15) is 62.3 Å². The summed E-state index contributed by atoms with van der Waals surface area (Å²) in [5, 5.41) is 8.41. The van der Waals surface area contributed by atoms with Gasteiger partial charge in [-0.15, -0.1) is 0 Å². The van der Waals surface area contributed by atoms with Gasteiger partial charge in [0, 0.05) is 37.6 Å². The number of anilines is 2. The predicted molar refractivity (Wildman–Crippen MR) is 149 cm³/mol. The number of carbonyl (C=O) groups is 5. The molecule has 40 heavy (non-hydrogen) atoms. The molecule has 3 heterocycles. The molecule has 0 bridgehead atoms. The van der Waals surface area contributed by atoms with Crippen LogP contribution in [0, 0.1) is 6.92 Å². The number of fused-ring (bicyclic) bond motifs is 1. The smallest absolute Gasteiger partial charge is 0.264 e. The molecular weight excluding hydrogens is 512 g/mol. The summed E-state index contributed by atoms with van der Waals surface area (Å²) >= 11 is 0. The van der Waals surface area contributed by atoms with Crippen molar-refractivity contribution in [1.82, 2.24) is 15.5 Å². The third-order valence-electron chi connectivity index (χ3n) is 7.13. The standard InChI is InChI=1S/C29H30N6O5/c1-18-7-4-9-20(25(18)34-16-6-13-30-17-34)26(37)32-15-3-2-14-31-21-10-5-8-19-24(21)29(40)35(28(19)39)22-11-12-23(36)33-27(22)38/h4-10,13,16,22,31H,2-3,11-12,14-15,17H2,1H3,(H,32,37)(H,33,36,38). The number of nitrogens with one attached hydrogen (secondary N) is 3. The van der Waals surface area contributed by atoms with E-state index in [0.29, 0.717) is 43.9 Å². The first-order valence-corrected chi connectivity index (χ1v) is 13.3. The van der Waals surface area contributed by atoms with Gasteiger partial charge in [-0.25, -0.2) is 0 Å². The van der Waals surface area contributed by atoms with Crippen LogP contribution in [0.25, 0.3) is 0 Å². The maximum absolute atomic E-state index is 13.2. The Kier molecular flexibility index (Phi) is 7.72. The van der Waals surface area contributed by atoms with Gasteiger partial charge in [0.05, 0.1) is 22.4 Å². The Labute approximate surface area is 231 Å². The first-order valence-electron chi connectivity index (χ1n) is 13.3. The fourth-order valence-electron chi connectivity index (χ4n) is 5.19. The summed E-state index contributed by atoms with van der Waals surface area (Å²) in [5.41, 5.74) is 3.37. The largest absolute Gasteiger partial charge is 0.384 e. The molecule has 0 spiro atoms. The molecule has 1 atom stereocenters. The van der Waals surface area contributed by atoms with Gasteiger partial charge >= 0.3 is 0 Å². The highest BCUT2D eigenvalue weighted by Gasteiger charge is 2.45. The van der Waals surface area contributed by atoms with Crippen LogP contribution in [0.2, 0.25) is 0 Å². The first kappa shape index (κ1) is 26.8. The quantitative estimate of drug-likeness (QED) is 0.326. The van der Waals surface area contributed by atoms with Gasteiger partial charge in [-0.3, -0.25) is 39.2 Å². The molecule has 3 aliphatic rings. The van der Waals surface area contributed by atoms with Crippen molar-refractivity contribution in [2.24, 2.45) is 4.99 Å². The highest BCUT2D eigenvalue weighted by molar-refractivity contribution is 6.25. The molecule has 11 nitrogen and oxygen atoms in total. The third kappa shape index (κ3) is 5.22. The summed E-state index contributed by atoms with van der Waals surface area (Å²) in [6.45, 7) is 3.40. The number of amides is 5. The molecule has 1 unspecified atom stereocenters. The number of benzene rings is 2. The summed E-state index contributed by atoms with van der Waals surface area (Å²) in [6.07, 6.45) is 7.04. The van der Waals surface area contributed by atoms with E-state index in [-0.39, 0.29) is 29.9 Å². The number of hydrogen-bond donors (Lipinski definition) is 3. The topological polar surface area (TPSA) is 140 Å². The molecule has 11 heteroatoms. The fourth-order valence-corrected chi connectivity index (χ4v) is 5.19. The number of unbranched alkanes of at least 4 members (excludes halogenated alkanes) is 1. The first-order chi connectivity index (χ1) is 19.4. The number of para-hydroxylation sites is 1. The molecule has 1 saturated heterocycles. The van der Waals surface area contributed by atoms with Gasteiger partial charge in [0.15, 0.2) is 0 Å². The van der Waals surface area contributed by atoms with Crippen LogP contribution in [0.4, 0.5) is 11.4 Å². The van der Waals surface area contributed by atoms with Crippen molar-refractivity contribution in [1.29, 1.82) is 0 Å². The van der Waals surface area contributed by atoms with Crippen LogP contribution < -0.4 is 20.9 Å². The maximum Gasteiger partial charge on any atom is 0.264 e. The van der Waals surface area contributed by atoms with Crippen molar-refractivity contribution < 1.29 is 24.0 Å². The lowest BCUT2D eigenvalue weighted by molar-refractivity contribution is -0.136. The van der Waals surface area contributed by atoms with E-state index in [1.54, 1.807) is 30.5 Å². The molecule has 0 aliphatic carbocycles. The molecule has 2 aromatic rings. The number of rotatable bonds is 9. The van der Waals surface area contributed by atoms with Crippen molar-refractivity contribution in [3.63, 3.8) is 0 Å². The molecule has 1 fully saturated rings. The van der Waals surface area contributed by atoms with Crippen molar-refractivity contribution in [2.45, 2.75) is 38.6 Å². The Bertz CT molecular complexity index is 1450. The number of nitrogens with zero attached hydrogens (tertiary/aromatic N) is 3. The van der Waals surface area contributed by atoms with E-state index in [2.05, 4.69) is 20.9 Å². The van der Waals surface area contributed by atoms with Crippen LogP contribution in [-0.2, 0) is 9.59 Å². The third-order valence-corrected chi connectivity index (χ3v) is 7.13. The summed E-state index contributed by atoms with van der Waals surface area (Å²) in [6, 6.07) is 9.59. The lowest BCUT2D eigenvalue weighted by atomic mass is 10.0. The molecule has 206 valence electrons. The van der Waals surface area contributed by atoms with Crippen molar-refractivity contribution >= 4 is 47.1 Å². The fraction of sp³-hybridized carbons (Fsp3) is 0.310. The van der Waals surface area contributed by atoms with E-state index < -0.39 is 29.7 Å². The van der Waals surface area contributed by atoms with Crippen molar-refractivity contribution in [3.8, 4) is 0 Å². The zero-order valence-electron chi connectivity index (χ0n) is 22.1. The van der Waals surface area contributed by atoms with Crippen molar-refractivity contribution in [3.05, 3.63) is 70.9 Å². The normalized spacial score (nSPS) is 18.2. The molecule has 0 saturated carbocycles. The monoisotopic (exact) mass is 542 g/mol. The Morgan fingerprint density at radius 3 is 2.62 bits per heavy atom. The van der Waals surface area contributed by atoms with Crippen LogP contribution in [-0.4, -0.2) is 66.5 Å². The van der Waals surface area contributed by atoms with E-state index in [1.165, 1.54) is 0 Å². The number of allylic oxidation sites excluding steroid dienone is 1. The zero-order valence-corrected chi connectivity index (χ0v) is 22.1. The van der Waals surface area contributed by atoms with Crippen LogP contribution in [0.5, 0.6) is 0 Å². The van der Waals surface area contributed by atoms with Gasteiger partial charge in [0.2, 0.25) is 11.8 Å². The predicted octanol–water partition coefficient (Wildman–Crippen LogP) is 2.38. The zero-order chi connectivity index (χ0) is 28.2. The minimum Gasteiger partial charge on any atom is -0.384 e. The summed E-state index contributed by atoms with van der Waals surface area (Å²) in [4.78, 5) is 70.1. The molecule has 5 amide bonds. The number of carbonyl (C=O) groups excluding carboxylic acids is 5. The van der Waals surface area contributed by atoms with Gasteiger partial charge in [0.1, 0.15) is 12.7 Å². The van der Waals surface area contributed by atoms with E-state index in [4.69, 9.17) is 0 Å². The Morgan fingerprint density at radius 1 is 1.05 bits per heavy atom. The average Bonchev–Trinajstić information content (AvgIpc) is 3.21. The second kappa shape index (κ2) is 11.5. The van der Waals surface area contributed by atoms with Crippen molar-refractivity contribution in [2.75, 3.05) is 30.0 Å². The molecule has 0 radical (unpaired) electrons. The summed E-state index contributed by atoms with van der Waals surface area (Å²) in [7, 11) is 0. The molecule has 5 rings (SSSR count). The number of hydrogen-bond acceptors (Lipinski definition) is 8. The van der Waals surface area contributed by atoms with Crippen LogP contribution in [0.15, 0.2) is 53.7 Å². The van der Waals surface area contributed by atoms with Gasteiger partial charge in [-0.05, 0) is 56.0 Å². The average molecular weight is 543 g/mol. The highest BCUT2D eigenvalue weighted by Crippen LogP contribution is 2.32. The Balaban J connectivity index is 1.15. The van der Waals surface area contributed by atoms with E-state index in [1.807, 2.05) is 36.2 Å². The Morgan fingerprint density at radius 2 is 1.85 bits per heavy atom. The SMILES string of the molecule is Cc1cccc(C(=O)NCCCCNc2cccc3c2C(=O)N(C2CCC(=O)NC2=O)C3=O)c1N1C=CC=NC1. The lowest BCUT2D eigenvalue weighted by Crippen LogP contribution is -2.54. The molecule has 3 aliphatic heterocycles. The highest BCUT2D eigenvalue weighted by atomic mass is 16.2. The Hall–Kier alpha value is -4.80. The molecule has 2 aromatic carbocycles. The molecular formula is C29H30N6O5. The number of imide groups is 2. The lowest BCUT2D eigenvalue weighted by Gasteiger charge is -2.27. The minimum absolute atomic E-state index is 0.0699. The second-order valence-electron chi connectivity index (χ2n) is 9.82. The maximum atomic E-state index is 13.2. The van der Waals surface area contributed by atoms with E-state index in [0.717, 1.165) is 16.2 Å². The summed E-state index contributed by atoms with van der Waals surface area (Å²) in [5.74, 6) is -2.30. The number of piperidine rings is 1. The molecule has 3 N–H and O–H groups in total. The van der Waals surface area contributed by atoms with Crippen LogP contribution >= 0.6 is 0 Å². The number of aliphatic imine (C=N–C) groups is 1. The van der Waals surface area contributed by atoms with Gasteiger partial charge < -0.3 is 15.5 Å². The second-order valence-corrected chi connectivity index (χ2v) is 9.82. The van der Waals surface area contributed by atoms with Gasteiger partial charge in [0.25, 0.3) is 17.7 Å². The van der Waals surface area contributed by atoms with E-state index >= 15 is 0 Å². The minimum atomic E-state index is -1.01.